The fourth-order valence-corrected chi connectivity index (χ4v) is 3.02. The highest BCUT2D eigenvalue weighted by Crippen LogP contribution is 2.26. The number of nitrogens with one attached hydrogen (secondary N) is 1. The van der Waals surface area contributed by atoms with Gasteiger partial charge in [-0.1, -0.05) is 55.0 Å². The van der Waals surface area contributed by atoms with Crippen molar-refractivity contribution in [3.05, 3.63) is 65.2 Å². The van der Waals surface area contributed by atoms with Gasteiger partial charge in [0.25, 0.3) is 0 Å². The zero-order valence-corrected chi connectivity index (χ0v) is 12.5. The minimum atomic E-state index is 0.952. The largest absolute Gasteiger partial charge is 0.313 e. The van der Waals surface area contributed by atoms with Gasteiger partial charge in [-0.05, 0) is 30.7 Å². The van der Waals surface area contributed by atoms with Crippen LogP contribution in [0.15, 0.2) is 53.4 Å². The fraction of sp³-hybridized carbons (Fsp3) is 0.294. The van der Waals surface area contributed by atoms with Gasteiger partial charge in [0.2, 0.25) is 0 Å². The molecule has 0 aliphatic carbocycles. The summed E-state index contributed by atoms with van der Waals surface area (Å²) in [6.07, 6.45) is 0. The average Bonchev–Trinajstić information content (AvgIpc) is 2.44. The van der Waals surface area contributed by atoms with Crippen molar-refractivity contribution < 1.29 is 0 Å². The molecule has 100 valence electrons. The fourth-order valence-electron chi connectivity index (χ4n) is 2.01. The maximum absolute atomic E-state index is 3.40. The van der Waals surface area contributed by atoms with Gasteiger partial charge in [0.05, 0.1) is 0 Å². The van der Waals surface area contributed by atoms with Crippen LogP contribution in [0.5, 0.6) is 0 Å². The van der Waals surface area contributed by atoms with Crippen molar-refractivity contribution in [3.63, 3.8) is 0 Å². The molecule has 0 fully saturated rings. The third-order valence-corrected chi connectivity index (χ3v) is 4.20. The predicted octanol–water partition coefficient (Wildman–Crippen LogP) is 4.40. The Morgan fingerprint density at radius 3 is 2.68 bits per heavy atom. The third kappa shape index (κ3) is 4.41. The van der Waals surface area contributed by atoms with Crippen LogP contribution < -0.4 is 5.32 Å². The molecule has 0 aromatic heterocycles. The Kier molecular flexibility index (Phi) is 5.49. The Hall–Kier alpha value is -1.25. The molecule has 0 aliphatic heterocycles. The van der Waals surface area contributed by atoms with E-state index in [4.69, 9.17) is 0 Å². The SMILES string of the molecule is CCNCc1ccccc1SCc1cccc(C)c1. The summed E-state index contributed by atoms with van der Waals surface area (Å²) in [4.78, 5) is 1.38. The highest BCUT2D eigenvalue weighted by molar-refractivity contribution is 7.98. The van der Waals surface area contributed by atoms with E-state index in [1.54, 1.807) is 0 Å². The molecule has 1 nitrogen and oxygen atoms in total. The van der Waals surface area contributed by atoms with Crippen LogP contribution in [0.25, 0.3) is 0 Å². The molecule has 0 amide bonds. The molecule has 0 heterocycles. The van der Waals surface area contributed by atoms with Crippen molar-refractivity contribution in [1.29, 1.82) is 0 Å². The second-order valence-corrected chi connectivity index (χ2v) is 5.68. The van der Waals surface area contributed by atoms with Crippen LogP contribution in [0, 0.1) is 6.92 Å². The number of hydrogen-bond donors (Lipinski definition) is 1. The normalized spacial score (nSPS) is 10.6. The maximum Gasteiger partial charge on any atom is 0.0232 e. The van der Waals surface area contributed by atoms with E-state index in [1.165, 1.54) is 21.6 Å². The first-order valence-corrected chi connectivity index (χ1v) is 7.75. The molecule has 0 saturated carbocycles. The molecule has 1 N–H and O–H groups in total. The van der Waals surface area contributed by atoms with Gasteiger partial charge >= 0.3 is 0 Å². The first kappa shape index (κ1) is 14.2. The first-order chi connectivity index (χ1) is 9.29. The Bertz CT molecular complexity index is 522. The molecule has 0 radical (unpaired) electrons. The zero-order chi connectivity index (χ0) is 13.5. The highest BCUT2D eigenvalue weighted by atomic mass is 32.2. The molecule has 0 spiro atoms. The van der Waals surface area contributed by atoms with Crippen molar-refractivity contribution in [2.45, 2.75) is 31.0 Å². The summed E-state index contributed by atoms with van der Waals surface area (Å²) in [6.45, 7) is 6.25. The van der Waals surface area contributed by atoms with Crippen molar-refractivity contribution in [3.8, 4) is 0 Å². The van der Waals surface area contributed by atoms with E-state index in [0.717, 1.165) is 18.8 Å². The van der Waals surface area contributed by atoms with Crippen LogP contribution >= 0.6 is 11.8 Å². The topological polar surface area (TPSA) is 12.0 Å². The van der Waals surface area contributed by atoms with E-state index in [9.17, 15) is 0 Å². The van der Waals surface area contributed by atoms with Crippen LogP contribution in [0.2, 0.25) is 0 Å². The first-order valence-electron chi connectivity index (χ1n) is 6.76. The quantitative estimate of drug-likeness (QED) is 0.782. The van der Waals surface area contributed by atoms with Crippen LogP contribution in [0.4, 0.5) is 0 Å². The smallest absolute Gasteiger partial charge is 0.0232 e. The van der Waals surface area contributed by atoms with Gasteiger partial charge in [0, 0.05) is 17.2 Å². The van der Waals surface area contributed by atoms with Gasteiger partial charge in [-0.3, -0.25) is 0 Å². The van der Waals surface area contributed by atoms with Crippen LogP contribution in [-0.2, 0) is 12.3 Å². The lowest BCUT2D eigenvalue weighted by Crippen LogP contribution is -2.12. The lowest BCUT2D eigenvalue weighted by Gasteiger charge is -2.09. The molecule has 0 bridgehead atoms. The summed E-state index contributed by atoms with van der Waals surface area (Å²) >= 11 is 1.92. The Morgan fingerprint density at radius 1 is 1.05 bits per heavy atom. The molecule has 0 aliphatic rings. The summed E-state index contributed by atoms with van der Waals surface area (Å²) in [6, 6.07) is 17.4. The van der Waals surface area contributed by atoms with Crippen molar-refractivity contribution >= 4 is 11.8 Å². The van der Waals surface area contributed by atoms with E-state index >= 15 is 0 Å². The summed E-state index contributed by atoms with van der Waals surface area (Å²) in [5.41, 5.74) is 4.12. The van der Waals surface area contributed by atoms with E-state index in [-0.39, 0.29) is 0 Å². The standard InChI is InChI=1S/C17H21NS/c1-3-18-12-16-9-4-5-10-17(16)19-13-15-8-6-7-14(2)11-15/h4-11,18H,3,12-13H2,1-2H3. The third-order valence-electron chi connectivity index (χ3n) is 3.01. The molecular weight excluding hydrogens is 250 g/mol. The maximum atomic E-state index is 3.40. The van der Waals surface area contributed by atoms with Crippen LogP contribution in [-0.4, -0.2) is 6.54 Å². The van der Waals surface area contributed by atoms with Gasteiger partial charge in [0.1, 0.15) is 0 Å². The minimum Gasteiger partial charge on any atom is -0.313 e. The average molecular weight is 271 g/mol. The van der Waals surface area contributed by atoms with Crippen LogP contribution in [0.3, 0.4) is 0 Å². The Morgan fingerprint density at radius 2 is 1.89 bits per heavy atom. The molecule has 19 heavy (non-hydrogen) atoms. The molecule has 0 atom stereocenters. The van der Waals surface area contributed by atoms with Gasteiger partial charge in [0.15, 0.2) is 0 Å². The second kappa shape index (κ2) is 7.37. The summed E-state index contributed by atoms with van der Waals surface area (Å²) in [5, 5.41) is 3.40. The molecule has 0 unspecified atom stereocenters. The number of aryl methyl sites for hydroxylation is 1. The van der Waals surface area contributed by atoms with E-state index < -0.39 is 0 Å². The Balaban J connectivity index is 2.02. The van der Waals surface area contributed by atoms with E-state index in [2.05, 4.69) is 67.7 Å². The van der Waals surface area contributed by atoms with E-state index in [0.29, 0.717) is 0 Å². The summed E-state index contributed by atoms with van der Waals surface area (Å²) < 4.78 is 0. The number of benzene rings is 2. The van der Waals surface area contributed by atoms with Crippen molar-refractivity contribution in [1.82, 2.24) is 5.32 Å². The molecule has 2 heteroatoms. The van der Waals surface area contributed by atoms with E-state index in [1.807, 2.05) is 11.8 Å². The summed E-state index contributed by atoms with van der Waals surface area (Å²) in [7, 11) is 0. The number of thioether (sulfide) groups is 1. The molecular formula is C17H21NS. The minimum absolute atomic E-state index is 0.952. The molecule has 2 rings (SSSR count). The van der Waals surface area contributed by atoms with Crippen molar-refractivity contribution in [2.24, 2.45) is 0 Å². The molecule has 0 saturated heterocycles. The Labute approximate surface area is 120 Å². The van der Waals surface area contributed by atoms with Crippen LogP contribution in [0.1, 0.15) is 23.6 Å². The number of hydrogen-bond acceptors (Lipinski definition) is 2. The second-order valence-electron chi connectivity index (χ2n) is 4.67. The zero-order valence-electron chi connectivity index (χ0n) is 11.6. The molecule has 2 aromatic carbocycles. The van der Waals surface area contributed by atoms with Gasteiger partial charge in [-0.25, -0.2) is 0 Å². The number of rotatable bonds is 6. The summed E-state index contributed by atoms with van der Waals surface area (Å²) in [5.74, 6) is 1.03. The van der Waals surface area contributed by atoms with Gasteiger partial charge < -0.3 is 5.32 Å². The lowest BCUT2D eigenvalue weighted by atomic mass is 10.2. The molecule has 2 aromatic rings. The monoisotopic (exact) mass is 271 g/mol. The lowest BCUT2D eigenvalue weighted by molar-refractivity contribution is 0.718. The predicted molar refractivity (Wildman–Crippen MR) is 84.6 cm³/mol. The van der Waals surface area contributed by atoms with Gasteiger partial charge in [-0.2, -0.15) is 0 Å². The van der Waals surface area contributed by atoms with Crippen molar-refractivity contribution in [2.75, 3.05) is 6.54 Å². The van der Waals surface area contributed by atoms with Gasteiger partial charge in [-0.15, -0.1) is 11.8 Å². The highest BCUT2D eigenvalue weighted by Gasteiger charge is 2.02.